The average Bonchev–Trinajstić information content (AvgIpc) is 2.43. The fourth-order valence-corrected chi connectivity index (χ4v) is 2.74. The lowest BCUT2D eigenvalue weighted by molar-refractivity contribution is 0.183. The summed E-state index contributed by atoms with van der Waals surface area (Å²) in [5.41, 5.74) is 0.657. The molecule has 1 aromatic rings. The molecule has 1 aliphatic heterocycles. The van der Waals surface area contributed by atoms with Crippen LogP contribution in [-0.4, -0.2) is 30.6 Å². The van der Waals surface area contributed by atoms with Crippen molar-refractivity contribution >= 4 is 5.69 Å². The molecule has 1 unspecified atom stereocenters. The number of piperidine rings is 1. The molecule has 1 fully saturated rings. The number of hydrogen-bond donors (Lipinski definition) is 1. The molecule has 0 bridgehead atoms. The van der Waals surface area contributed by atoms with E-state index in [0.29, 0.717) is 11.6 Å². The van der Waals surface area contributed by atoms with E-state index in [-0.39, 0.29) is 6.04 Å². The number of rotatable bonds is 4. The second kappa shape index (κ2) is 6.33. The summed E-state index contributed by atoms with van der Waals surface area (Å²) in [4.78, 5) is 2.45. The standard InChI is InChI=1S/C15H22F2N2/c1-3-19-8-6-12(7-9-19)11(2)18-13-4-5-14(16)15(17)10-13/h4-5,10-12,18H,3,6-9H2,1-2H3. The molecule has 1 saturated heterocycles. The van der Waals surface area contributed by atoms with Gasteiger partial charge in [0.15, 0.2) is 11.6 Å². The summed E-state index contributed by atoms with van der Waals surface area (Å²) in [6.07, 6.45) is 2.32. The molecular weight excluding hydrogens is 246 g/mol. The molecule has 1 aromatic carbocycles. The molecule has 4 heteroatoms. The number of nitrogens with one attached hydrogen (secondary N) is 1. The molecule has 19 heavy (non-hydrogen) atoms. The van der Waals surface area contributed by atoms with Crippen molar-refractivity contribution in [1.29, 1.82) is 0 Å². The van der Waals surface area contributed by atoms with E-state index >= 15 is 0 Å². The minimum absolute atomic E-state index is 0.281. The Morgan fingerprint density at radius 1 is 1.26 bits per heavy atom. The molecule has 0 saturated carbocycles. The molecule has 0 radical (unpaired) electrons. The van der Waals surface area contributed by atoms with Gasteiger partial charge in [-0.1, -0.05) is 6.92 Å². The first-order valence-corrected chi connectivity index (χ1v) is 7.04. The Balaban J connectivity index is 1.90. The van der Waals surface area contributed by atoms with E-state index in [1.807, 2.05) is 0 Å². The largest absolute Gasteiger partial charge is 0.382 e. The SMILES string of the molecule is CCN1CCC(C(C)Nc2ccc(F)c(F)c2)CC1. The summed E-state index contributed by atoms with van der Waals surface area (Å²) in [5.74, 6) is -0.997. The summed E-state index contributed by atoms with van der Waals surface area (Å²) < 4.78 is 26.0. The van der Waals surface area contributed by atoms with Crippen molar-refractivity contribution in [3.8, 4) is 0 Å². The van der Waals surface area contributed by atoms with E-state index in [4.69, 9.17) is 0 Å². The molecule has 2 rings (SSSR count). The molecular formula is C15H22F2N2. The lowest BCUT2D eigenvalue weighted by Gasteiger charge is -2.34. The topological polar surface area (TPSA) is 15.3 Å². The van der Waals surface area contributed by atoms with Crippen LogP contribution >= 0.6 is 0 Å². The third-order valence-corrected chi connectivity index (χ3v) is 4.10. The molecule has 0 spiro atoms. The number of anilines is 1. The van der Waals surface area contributed by atoms with Gasteiger partial charge in [-0.25, -0.2) is 8.78 Å². The summed E-state index contributed by atoms with van der Waals surface area (Å²) in [6.45, 7) is 7.67. The van der Waals surface area contributed by atoms with Gasteiger partial charge in [0.25, 0.3) is 0 Å². The average molecular weight is 268 g/mol. The first-order chi connectivity index (χ1) is 9.10. The minimum atomic E-state index is -0.797. The quantitative estimate of drug-likeness (QED) is 0.899. The van der Waals surface area contributed by atoms with Gasteiger partial charge in [-0.2, -0.15) is 0 Å². The molecule has 1 atom stereocenters. The van der Waals surface area contributed by atoms with Gasteiger partial charge in [0.1, 0.15) is 0 Å². The van der Waals surface area contributed by atoms with E-state index in [1.54, 1.807) is 6.07 Å². The van der Waals surface area contributed by atoms with Crippen molar-refractivity contribution in [2.75, 3.05) is 25.0 Å². The van der Waals surface area contributed by atoms with Gasteiger partial charge in [0.05, 0.1) is 0 Å². The van der Waals surface area contributed by atoms with Crippen LogP contribution in [0.2, 0.25) is 0 Å². The Kier molecular flexibility index (Phi) is 4.75. The Morgan fingerprint density at radius 2 is 1.95 bits per heavy atom. The zero-order valence-electron chi connectivity index (χ0n) is 11.6. The molecule has 1 heterocycles. The van der Waals surface area contributed by atoms with E-state index in [9.17, 15) is 8.78 Å². The van der Waals surface area contributed by atoms with Gasteiger partial charge in [0, 0.05) is 17.8 Å². The molecule has 2 nitrogen and oxygen atoms in total. The third kappa shape index (κ3) is 3.66. The highest BCUT2D eigenvalue weighted by Gasteiger charge is 2.23. The summed E-state index contributed by atoms with van der Waals surface area (Å²) in [5, 5.41) is 3.29. The molecule has 0 aliphatic carbocycles. The van der Waals surface area contributed by atoms with Crippen LogP contribution in [0.25, 0.3) is 0 Å². The van der Waals surface area contributed by atoms with Crippen LogP contribution in [0.3, 0.4) is 0 Å². The Bertz CT molecular complexity index is 415. The van der Waals surface area contributed by atoms with Gasteiger partial charge in [-0.3, -0.25) is 0 Å². The van der Waals surface area contributed by atoms with E-state index in [2.05, 4.69) is 24.1 Å². The van der Waals surface area contributed by atoms with E-state index in [1.165, 1.54) is 12.1 Å². The third-order valence-electron chi connectivity index (χ3n) is 4.10. The van der Waals surface area contributed by atoms with Crippen LogP contribution in [0.1, 0.15) is 26.7 Å². The number of benzene rings is 1. The predicted molar refractivity (Wildman–Crippen MR) is 74.3 cm³/mol. The van der Waals surface area contributed by atoms with Gasteiger partial charge in [0.2, 0.25) is 0 Å². The predicted octanol–water partition coefficient (Wildman–Crippen LogP) is 3.50. The number of nitrogens with zero attached hydrogens (tertiary/aromatic N) is 1. The van der Waals surface area contributed by atoms with Crippen LogP contribution in [0.5, 0.6) is 0 Å². The van der Waals surface area contributed by atoms with Crippen molar-refractivity contribution in [2.24, 2.45) is 5.92 Å². The highest BCUT2D eigenvalue weighted by atomic mass is 19.2. The molecule has 0 aromatic heterocycles. The lowest BCUT2D eigenvalue weighted by Crippen LogP contribution is -2.39. The number of likely N-dealkylation sites (tertiary alicyclic amines) is 1. The Labute approximate surface area is 113 Å². The minimum Gasteiger partial charge on any atom is -0.382 e. The lowest BCUT2D eigenvalue weighted by atomic mass is 9.90. The second-order valence-electron chi connectivity index (χ2n) is 5.33. The normalized spacial score (nSPS) is 19.4. The van der Waals surface area contributed by atoms with Crippen molar-refractivity contribution in [3.05, 3.63) is 29.8 Å². The maximum absolute atomic E-state index is 13.1. The molecule has 1 aliphatic rings. The van der Waals surface area contributed by atoms with Crippen molar-refractivity contribution in [2.45, 2.75) is 32.7 Å². The van der Waals surface area contributed by atoms with Crippen molar-refractivity contribution in [3.63, 3.8) is 0 Å². The zero-order chi connectivity index (χ0) is 13.8. The first kappa shape index (κ1) is 14.3. The van der Waals surface area contributed by atoms with Crippen LogP contribution in [0.15, 0.2) is 18.2 Å². The van der Waals surface area contributed by atoms with Crippen LogP contribution in [0.4, 0.5) is 14.5 Å². The van der Waals surface area contributed by atoms with Gasteiger partial charge < -0.3 is 10.2 Å². The van der Waals surface area contributed by atoms with E-state index < -0.39 is 11.6 Å². The molecule has 106 valence electrons. The summed E-state index contributed by atoms with van der Waals surface area (Å²) in [7, 11) is 0. The Morgan fingerprint density at radius 3 is 2.53 bits per heavy atom. The fraction of sp³-hybridized carbons (Fsp3) is 0.600. The monoisotopic (exact) mass is 268 g/mol. The maximum Gasteiger partial charge on any atom is 0.160 e. The number of halogens is 2. The van der Waals surface area contributed by atoms with Gasteiger partial charge in [-0.05, 0) is 57.5 Å². The second-order valence-corrected chi connectivity index (χ2v) is 5.33. The van der Waals surface area contributed by atoms with Crippen molar-refractivity contribution in [1.82, 2.24) is 4.90 Å². The van der Waals surface area contributed by atoms with Gasteiger partial charge >= 0.3 is 0 Å². The molecule has 0 amide bonds. The smallest absolute Gasteiger partial charge is 0.160 e. The summed E-state index contributed by atoms with van der Waals surface area (Å²) >= 11 is 0. The highest BCUT2D eigenvalue weighted by molar-refractivity contribution is 5.44. The number of hydrogen-bond acceptors (Lipinski definition) is 2. The summed E-state index contributed by atoms with van der Waals surface area (Å²) in [6, 6.07) is 4.27. The highest BCUT2D eigenvalue weighted by Crippen LogP contribution is 2.23. The van der Waals surface area contributed by atoms with Gasteiger partial charge in [-0.15, -0.1) is 0 Å². The van der Waals surface area contributed by atoms with Crippen molar-refractivity contribution < 1.29 is 8.78 Å². The van der Waals surface area contributed by atoms with Crippen LogP contribution in [-0.2, 0) is 0 Å². The Hall–Kier alpha value is -1.16. The zero-order valence-corrected chi connectivity index (χ0v) is 11.6. The maximum atomic E-state index is 13.1. The van der Waals surface area contributed by atoms with E-state index in [0.717, 1.165) is 32.5 Å². The fourth-order valence-electron chi connectivity index (χ4n) is 2.74. The van der Waals surface area contributed by atoms with Crippen LogP contribution < -0.4 is 5.32 Å². The first-order valence-electron chi connectivity index (χ1n) is 7.04. The molecule has 1 N–H and O–H groups in total. The van der Waals surface area contributed by atoms with Crippen LogP contribution in [0, 0.1) is 17.6 Å².